The topological polar surface area (TPSA) is 52.9 Å². The van der Waals surface area contributed by atoms with Crippen LogP contribution in [0.4, 0.5) is 22.0 Å². The summed E-state index contributed by atoms with van der Waals surface area (Å²) in [7, 11) is 0. The van der Waals surface area contributed by atoms with Crippen molar-refractivity contribution in [2.24, 2.45) is 0 Å². The number of hydrogen-bond donors (Lipinski definition) is 1. The second-order valence-corrected chi connectivity index (χ2v) is 3.68. The van der Waals surface area contributed by atoms with Crippen molar-refractivity contribution in [2.75, 3.05) is 0 Å². The van der Waals surface area contributed by atoms with Crippen LogP contribution in [-0.4, -0.2) is 11.9 Å². The molecule has 0 spiro atoms. The highest BCUT2D eigenvalue weighted by Gasteiger charge is 2.30. The number of carbonyl (C=O) groups is 1. The molecule has 0 radical (unpaired) electrons. The molecule has 102 valence electrons. The Labute approximate surface area is 104 Å². The van der Waals surface area contributed by atoms with E-state index in [-0.39, 0.29) is 6.42 Å². The van der Waals surface area contributed by atoms with E-state index in [1.165, 1.54) is 6.92 Å². The lowest BCUT2D eigenvalue weighted by atomic mass is 10.1. The quantitative estimate of drug-likeness (QED) is 0.524. The summed E-state index contributed by atoms with van der Waals surface area (Å²) in [6, 6.07) is 0.876. The van der Waals surface area contributed by atoms with Crippen LogP contribution >= 0.6 is 0 Å². The molecule has 0 aliphatic heterocycles. The van der Waals surface area contributed by atoms with Crippen LogP contribution in [0.3, 0.4) is 0 Å². The van der Waals surface area contributed by atoms with Gasteiger partial charge in [0.05, 0.1) is 12.5 Å². The van der Waals surface area contributed by atoms with Gasteiger partial charge in [-0.3, -0.25) is 4.79 Å². The number of hydrogen-bond acceptors (Lipinski definition) is 2. The van der Waals surface area contributed by atoms with Gasteiger partial charge >= 0.3 is 0 Å². The van der Waals surface area contributed by atoms with Crippen LogP contribution in [0, 0.1) is 40.4 Å². The minimum Gasteiger partial charge on any atom is -0.348 e. The summed E-state index contributed by atoms with van der Waals surface area (Å²) in [6.07, 6.45) is -0.179. The fourth-order valence-electron chi connectivity index (χ4n) is 1.29. The van der Waals surface area contributed by atoms with Crippen LogP contribution in [0.5, 0.6) is 0 Å². The van der Waals surface area contributed by atoms with Crippen molar-refractivity contribution in [2.45, 2.75) is 19.4 Å². The average molecular weight is 278 g/mol. The minimum absolute atomic E-state index is 0.179. The van der Waals surface area contributed by atoms with Crippen LogP contribution in [0.1, 0.15) is 23.7 Å². The third kappa shape index (κ3) is 2.81. The molecular weight excluding hydrogens is 271 g/mol. The molecule has 3 nitrogen and oxygen atoms in total. The first kappa shape index (κ1) is 14.9. The number of halogens is 5. The Bertz CT molecular complexity index is 538. The highest BCUT2D eigenvalue weighted by molar-refractivity contribution is 5.95. The summed E-state index contributed by atoms with van der Waals surface area (Å²) in [6.45, 7) is 1.34. The molecule has 0 saturated heterocycles. The van der Waals surface area contributed by atoms with Gasteiger partial charge in [-0.15, -0.1) is 0 Å². The Balaban J connectivity index is 3.22. The molecule has 1 atom stereocenters. The molecule has 0 aliphatic carbocycles. The van der Waals surface area contributed by atoms with E-state index in [1.54, 1.807) is 6.07 Å². The Morgan fingerprint density at radius 1 is 1.11 bits per heavy atom. The molecule has 1 unspecified atom stereocenters. The van der Waals surface area contributed by atoms with Gasteiger partial charge in [-0.25, -0.2) is 22.0 Å². The summed E-state index contributed by atoms with van der Waals surface area (Å²) >= 11 is 0. The van der Waals surface area contributed by atoms with Gasteiger partial charge in [0.15, 0.2) is 23.3 Å². The SMILES string of the molecule is CC(CC#N)NC(=O)c1c(F)c(F)c(F)c(F)c1F. The molecular formula is C11H7F5N2O. The van der Waals surface area contributed by atoms with E-state index >= 15 is 0 Å². The van der Waals surface area contributed by atoms with E-state index in [2.05, 4.69) is 0 Å². The molecule has 19 heavy (non-hydrogen) atoms. The van der Waals surface area contributed by atoms with Gasteiger partial charge in [-0.2, -0.15) is 5.26 Å². The van der Waals surface area contributed by atoms with Gasteiger partial charge in [-0.05, 0) is 6.92 Å². The number of nitrogens with one attached hydrogen (secondary N) is 1. The Morgan fingerprint density at radius 3 is 1.95 bits per heavy atom. The molecule has 1 aromatic carbocycles. The van der Waals surface area contributed by atoms with E-state index in [0.29, 0.717) is 0 Å². The van der Waals surface area contributed by atoms with E-state index < -0.39 is 46.6 Å². The maximum Gasteiger partial charge on any atom is 0.257 e. The first-order valence-electron chi connectivity index (χ1n) is 5.00. The van der Waals surface area contributed by atoms with Crippen molar-refractivity contribution in [1.29, 1.82) is 5.26 Å². The highest BCUT2D eigenvalue weighted by atomic mass is 19.2. The number of amides is 1. The fourth-order valence-corrected chi connectivity index (χ4v) is 1.29. The van der Waals surface area contributed by atoms with Crippen LogP contribution in [0.2, 0.25) is 0 Å². The van der Waals surface area contributed by atoms with Gasteiger partial charge in [0.2, 0.25) is 5.82 Å². The molecule has 0 heterocycles. The predicted molar refractivity (Wildman–Crippen MR) is 53.4 cm³/mol. The van der Waals surface area contributed by atoms with E-state index in [4.69, 9.17) is 5.26 Å². The number of rotatable bonds is 3. The molecule has 0 aromatic heterocycles. The molecule has 8 heteroatoms. The molecule has 1 aromatic rings. The fraction of sp³-hybridized carbons (Fsp3) is 0.273. The lowest BCUT2D eigenvalue weighted by molar-refractivity contribution is 0.0929. The highest BCUT2D eigenvalue weighted by Crippen LogP contribution is 2.22. The summed E-state index contributed by atoms with van der Waals surface area (Å²) in [5.41, 5.74) is -1.57. The number of nitriles is 1. The van der Waals surface area contributed by atoms with Gasteiger partial charge in [-0.1, -0.05) is 0 Å². The molecule has 0 bridgehead atoms. The summed E-state index contributed by atoms with van der Waals surface area (Å²) in [5, 5.41) is 10.3. The van der Waals surface area contributed by atoms with Gasteiger partial charge in [0, 0.05) is 6.04 Å². The van der Waals surface area contributed by atoms with E-state index in [0.717, 1.165) is 0 Å². The predicted octanol–water partition coefficient (Wildman–Crippen LogP) is 2.41. The van der Waals surface area contributed by atoms with Gasteiger partial charge in [0.1, 0.15) is 5.56 Å². The first-order valence-corrected chi connectivity index (χ1v) is 5.00. The Morgan fingerprint density at radius 2 is 1.53 bits per heavy atom. The molecule has 1 rings (SSSR count). The lowest BCUT2D eigenvalue weighted by Gasteiger charge is -2.12. The monoisotopic (exact) mass is 278 g/mol. The summed E-state index contributed by atoms with van der Waals surface area (Å²) in [4.78, 5) is 11.4. The Kier molecular flexibility index (Phi) is 4.43. The number of nitrogens with zero attached hydrogens (tertiary/aromatic N) is 1. The maximum absolute atomic E-state index is 13.2. The van der Waals surface area contributed by atoms with Crippen molar-refractivity contribution < 1.29 is 26.7 Å². The van der Waals surface area contributed by atoms with E-state index in [9.17, 15) is 26.7 Å². The zero-order valence-electron chi connectivity index (χ0n) is 9.53. The molecule has 1 amide bonds. The molecule has 1 N–H and O–H groups in total. The largest absolute Gasteiger partial charge is 0.348 e. The third-order valence-corrected chi connectivity index (χ3v) is 2.21. The van der Waals surface area contributed by atoms with Crippen molar-refractivity contribution in [3.63, 3.8) is 0 Å². The summed E-state index contributed by atoms with van der Waals surface area (Å²) < 4.78 is 64.9. The van der Waals surface area contributed by atoms with Crippen molar-refractivity contribution in [3.8, 4) is 6.07 Å². The Hall–Kier alpha value is -2.17. The normalized spacial score (nSPS) is 11.8. The first-order chi connectivity index (χ1) is 8.81. The van der Waals surface area contributed by atoms with Crippen molar-refractivity contribution >= 4 is 5.91 Å². The smallest absolute Gasteiger partial charge is 0.257 e. The molecule has 0 fully saturated rings. The second kappa shape index (κ2) is 5.65. The standard InChI is InChI=1S/C11H7F5N2O/c1-4(2-3-17)18-11(19)5-6(12)8(14)10(16)9(15)7(5)13/h4H,2H2,1H3,(H,18,19). The third-order valence-electron chi connectivity index (χ3n) is 2.21. The van der Waals surface area contributed by atoms with E-state index in [1.807, 2.05) is 5.32 Å². The maximum atomic E-state index is 13.2. The zero-order valence-corrected chi connectivity index (χ0v) is 9.53. The van der Waals surface area contributed by atoms with Crippen LogP contribution in [0.25, 0.3) is 0 Å². The minimum atomic E-state index is -2.34. The number of carbonyl (C=O) groups excluding carboxylic acids is 1. The van der Waals surface area contributed by atoms with Gasteiger partial charge < -0.3 is 5.32 Å². The molecule has 0 saturated carbocycles. The van der Waals surface area contributed by atoms with Crippen LogP contribution in [0.15, 0.2) is 0 Å². The van der Waals surface area contributed by atoms with Gasteiger partial charge in [0.25, 0.3) is 5.91 Å². The van der Waals surface area contributed by atoms with Crippen LogP contribution in [-0.2, 0) is 0 Å². The van der Waals surface area contributed by atoms with Crippen molar-refractivity contribution in [3.05, 3.63) is 34.6 Å². The zero-order chi connectivity index (χ0) is 14.7. The van der Waals surface area contributed by atoms with Crippen LogP contribution < -0.4 is 5.32 Å². The number of benzene rings is 1. The lowest BCUT2D eigenvalue weighted by Crippen LogP contribution is -2.34. The van der Waals surface area contributed by atoms with Crippen molar-refractivity contribution in [1.82, 2.24) is 5.32 Å². The second-order valence-electron chi connectivity index (χ2n) is 3.68. The summed E-state index contributed by atoms with van der Waals surface area (Å²) in [5.74, 6) is -12.6. The average Bonchev–Trinajstić information content (AvgIpc) is 2.34. The molecule has 0 aliphatic rings.